The van der Waals surface area contributed by atoms with Crippen molar-refractivity contribution in [1.29, 1.82) is 0 Å². The number of nitrogens with one attached hydrogen (secondary N) is 3. The molecule has 15 heteroatoms. The topological polar surface area (TPSA) is 178 Å². The van der Waals surface area contributed by atoms with Gasteiger partial charge in [-0.3, -0.25) is 19.4 Å². The van der Waals surface area contributed by atoms with Crippen LogP contribution >= 0.6 is 12.6 Å². The van der Waals surface area contributed by atoms with Gasteiger partial charge in [-0.25, -0.2) is 0 Å². The third kappa shape index (κ3) is 11.7. The number of halogens is 3. The van der Waals surface area contributed by atoms with Crippen molar-refractivity contribution >= 4 is 46.9 Å². The molecule has 0 spiro atoms. The van der Waals surface area contributed by atoms with Crippen LogP contribution in [0.1, 0.15) is 30.4 Å². The number of amides is 3. The third-order valence-electron chi connectivity index (χ3n) is 8.16. The van der Waals surface area contributed by atoms with Crippen molar-refractivity contribution in [2.75, 3.05) is 50.8 Å². The summed E-state index contributed by atoms with van der Waals surface area (Å²) >= 11 is 4.08. The number of thiol groups is 1. The second-order valence-electron chi connectivity index (χ2n) is 12.1. The van der Waals surface area contributed by atoms with Crippen molar-refractivity contribution in [3.63, 3.8) is 0 Å². The summed E-state index contributed by atoms with van der Waals surface area (Å²) in [5.74, 6) is -1.77. The number of carbonyl (C=O) groups is 3. The lowest BCUT2D eigenvalue weighted by atomic mass is 10.0. The molecule has 11 nitrogen and oxygen atoms in total. The van der Waals surface area contributed by atoms with Crippen molar-refractivity contribution in [3.8, 4) is 0 Å². The first-order chi connectivity index (χ1) is 22.8. The number of hydrogen-bond acceptors (Lipinski definition) is 8. The molecule has 0 aliphatic rings. The van der Waals surface area contributed by atoms with E-state index in [0.29, 0.717) is 54.9 Å². The van der Waals surface area contributed by atoms with Crippen LogP contribution in [-0.4, -0.2) is 90.8 Å². The van der Waals surface area contributed by atoms with Gasteiger partial charge in [-0.1, -0.05) is 36.4 Å². The lowest BCUT2D eigenvalue weighted by Gasteiger charge is -2.34. The van der Waals surface area contributed by atoms with Crippen LogP contribution in [0.15, 0.2) is 60.8 Å². The maximum Gasteiger partial charge on any atom is 0.416 e. The van der Waals surface area contributed by atoms with Gasteiger partial charge in [-0.05, 0) is 49.4 Å². The van der Waals surface area contributed by atoms with E-state index in [0.717, 1.165) is 23.0 Å². The van der Waals surface area contributed by atoms with Gasteiger partial charge in [0, 0.05) is 24.2 Å². The predicted octanol–water partition coefficient (Wildman–Crippen LogP) is 2.20. The highest BCUT2D eigenvalue weighted by atomic mass is 32.1. The van der Waals surface area contributed by atoms with Gasteiger partial charge < -0.3 is 37.6 Å². The Hall–Kier alpha value is -3.76. The summed E-state index contributed by atoms with van der Waals surface area (Å²) in [6.45, 7) is 2.87. The molecule has 3 aromatic rings. The van der Waals surface area contributed by atoms with Gasteiger partial charge >= 0.3 is 6.18 Å². The number of benzene rings is 2. The molecule has 3 amide bonds. The monoisotopic (exact) mass is 691 g/mol. The van der Waals surface area contributed by atoms with Gasteiger partial charge in [0.2, 0.25) is 17.7 Å². The molecule has 0 bridgehead atoms. The lowest BCUT2D eigenvalue weighted by molar-refractivity contribution is -0.907. The Morgan fingerprint density at radius 3 is 2.23 bits per heavy atom. The van der Waals surface area contributed by atoms with E-state index in [2.05, 4.69) is 33.6 Å². The highest BCUT2D eigenvalue weighted by Gasteiger charge is 2.32. The number of nitrogens with two attached hydrogens (primary N) is 3. The second-order valence-corrected chi connectivity index (χ2v) is 12.4. The number of rotatable bonds is 18. The largest absolute Gasteiger partial charge is 0.416 e. The highest BCUT2D eigenvalue weighted by Crippen LogP contribution is 2.30. The Balaban J connectivity index is 1.85. The zero-order chi connectivity index (χ0) is 35.3. The van der Waals surface area contributed by atoms with Crippen LogP contribution in [0.25, 0.3) is 10.9 Å². The number of hydrogen-bond donors (Lipinski definition) is 7. The van der Waals surface area contributed by atoms with E-state index in [4.69, 9.17) is 17.2 Å². The first kappa shape index (κ1) is 38.7. The fourth-order valence-electron chi connectivity index (χ4n) is 5.39. The zero-order valence-electron chi connectivity index (χ0n) is 27.0. The number of carbonyl (C=O) groups excluding carboxylic acids is 3. The summed E-state index contributed by atoms with van der Waals surface area (Å²) < 4.78 is 40.7. The summed E-state index contributed by atoms with van der Waals surface area (Å²) in [7, 11) is 2.01. The van der Waals surface area contributed by atoms with Gasteiger partial charge in [0.15, 0.2) is 0 Å². The summed E-state index contributed by atoms with van der Waals surface area (Å²) in [4.78, 5) is 44.5. The average Bonchev–Trinajstić information content (AvgIpc) is 3.05. The van der Waals surface area contributed by atoms with E-state index >= 15 is 0 Å². The van der Waals surface area contributed by atoms with Crippen LogP contribution in [-0.2, 0) is 27.0 Å². The Labute approximate surface area is 284 Å². The van der Waals surface area contributed by atoms with E-state index < -0.39 is 47.6 Å². The molecule has 1 aromatic heterocycles. The zero-order valence-corrected chi connectivity index (χ0v) is 27.9. The van der Waals surface area contributed by atoms with Crippen molar-refractivity contribution in [1.82, 2.24) is 15.6 Å². The number of quaternary nitrogens is 1. The molecule has 1 heterocycles. The first-order valence-electron chi connectivity index (χ1n) is 15.8. The molecule has 0 unspecified atom stereocenters. The highest BCUT2D eigenvalue weighted by molar-refractivity contribution is 7.80. The molecule has 48 heavy (non-hydrogen) atoms. The van der Waals surface area contributed by atoms with Crippen molar-refractivity contribution in [3.05, 3.63) is 71.9 Å². The maximum atomic E-state index is 13.8. The average molecular weight is 692 g/mol. The number of pyridine rings is 1. The molecule has 9 N–H and O–H groups in total. The fraction of sp³-hybridized carbons (Fsp3) is 0.455. The number of aromatic nitrogens is 1. The van der Waals surface area contributed by atoms with Gasteiger partial charge in [0.05, 0.1) is 55.7 Å². The van der Waals surface area contributed by atoms with Crippen LogP contribution < -0.4 is 33.2 Å². The molecule has 0 aliphatic carbocycles. The summed E-state index contributed by atoms with van der Waals surface area (Å²) in [6, 6.07) is 10.6. The number of alkyl halides is 3. The van der Waals surface area contributed by atoms with Gasteiger partial charge in [-0.2, -0.15) is 25.8 Å². The number of para-hydroxylation sites is 1. The van der Waals surface area contributed by atoms with Crippen LogP contribution in [0.4, 0.5) is 18.9 Å². The first-order valence-corrected chi connectivity index (χ1v) is 16.4. The number of anilines is 1. The quantitative estimate of drug-likeness (QED) is 0.0790. The maximum absolute atomic E-state index is 13.8. The summed E-state index contributed by atoms with van der Waals surface area (Å²) in [6.07, 6.45) is -2.31. The van der Waals surface area contributed by atoms with E-state index in [1.807, 2.05) is 31.3 Å². The summed E-state index contributed by atoms with van der Waals surface area (Å²) in [5, 5.41) is 8.96. The Bertz CT molecular complexity index is 1520. The van der Waals surface area contributed by atoms with Crippen LogP contribution in [0.3, 0.4) is 0 Å². The van der Waals surface area contributed by atoms with E-state index in [1.165, 1.54) is 18.3 Å². The normalized spacial score (nSPS) is 13.8. The minimum atomic E-state index is -4.54. The van der Waals surface area contributed by atoms with E-state index in [1.54, 1.807) is 6.07 Å². The number of nitrogens with zero attached hydrogens (tertiary/aromatic N) is 2. The predicted molar refractivity (Wildman–Crippen MR) is 184 cm³/mol. The van der Waals surface area contributed by atoms with E-state index in [-0.39, 0.29) is 25.0 Å². The molecule has 262 valence electrons. The molecule has 2 aromatic carbocycles. The number of aryl methyl sites for hydroxylation is 1. The van der Waals surface area contributed by atoms with Crippen molar-refractivity contribution in [2.45, 2.75) is 50.0 Å². The Kier molecular flexibility index (Phi) is 14.6. The molecule has 0 fully saturated rings. The second kappa shape index (κ2) is 18.1. The molecule has 0 saturated heterocycles. The van der Waals surface area contributed by atoms with Crippen LogP contribution in [0, 0.1) is 0 Å². The summed E-state index contributed by atoms with van der Waals surface area (Å²) in [5.41, 5.74) is 18.1. The molecule has 0 aliphatic heterocycles. The Morgan fingerprint density at radius 1 is 0.896 bits per heavy atom. The fourth-order valence-corrected chi connectivity index (χ4v) is 5.56. The lowest BCUT2D eigenvalue weighted by Crippen LogP contribution is -2.56. The molecule has 0 radical (unpaired) electrons. The number of fused-ring (bicyclic) bond motifs is 1. The van der Waals surface area contributed by atoms with Crippen molar-refractivity contribution in [2.24, 2.45) is 17.2 Å². The minimum Gasteiger partial charge on any atom is -0.343 e. The SMILES string of the molecule is C[N+](CCN)(CCN)CCC[C@H](NC(=O)[C@@H](N)CS)C(=O)N[C@@H](CCc1cccc(C(F)(F)F)c1)C(=O)Nc1cnc2ccccc2c1. The Morgan fingerprint density at radius 2 is 1.56 bits per heavy atom. The standard InChI is InChI=1S/C33H45F3N8O3S/c1-44(16-13-37,17-14-38)15-5-10-28(42-30(45)26(39)21-48)32(47)43-29(12-11-22-6-4-8-24(18-22)33(34,35)36)31(46)41-25-19-23-7-2-3-9-27(23)40-20-25/h2-4,6-9,18-20,26,28-29H,5,10-17,21,37-39H2,1H3,(H3-,41,42,43,45,46,47,48)/p+1/t26-,28-,29-/m0/s1. The van der Waals surface area contributed by atoms with Crippen LogP contribution in [0.5, 0.6) is 0 Å². The van der Waals surface area contributed by atoms with Crippen molar-refractivity contribution < 1.29 is 32.0 Å². The molecule has 3 atom stereocenters. The molecule has 0 saturated carbocycles. The minimum absolute atomic E-state index is 0.0291. The van der Waals surface area contributed by atoms with E-state index in [9.17, 15) is 27.6 Å². The molecular formula is C33H46F3N8O3S+. The van der Waals surface area contributed by atoms with Crippen LogP contribution in [0.2, 0.25) is 0 Å². The third-order valence-corrected chi connectivity index (χ3v) is 8.56. The smallest absolute Gasteiger partial charge is 0.343 e. The molecular weight excluding hydrogens is 645 g/mol. The molecule has 3 rings (SSSR count). The van der Waals surface area contributed by atoms with Gasteiger partial charge in [0.25, 0.3) is 0 Å². The van der Waals surface area contributed by atoms with Gasteiger partial charge in [0.1, 0.15) is 12.1 Å². The van der Waals surface area contributed by atoms with Gasteiger partial charge in [-0.15, -0.1) is 0 Å². The number of likely N-dealkylation sites (N-methyl/N-ethyl adjacent to an activating group) is 1.